The van der Waals surface area contributed by atoms with Gasteiger partial charge in [0, 0.05) is 48.0 Å². The normalized spacial score (nSPS) is 13.0. The minimum atomic E-state index is -0.430. The molecule has 1 N–H and O–H groups in total. The average molecular weight is 757 g/mol. The number of anilines is 2. The molecule has 0 saturated carbocycles. The summed E-state index contributed by atoms with van der Waals surface area (Å²) in [5, 5.41) is 9.02. The number of nitrogens with one attached hydrogen (secondary N) is 1. The highest BCUT2D eigenvalue weighted by Gasteiger charge is 2.46. The molecular formula is C55H36N2S. The van der Waals surface area contributed by atoms with Crippen molar-refractivity contribution in [2.45, 2.75) is 5.41 Å². The van der Waals surface area contributed by atoms with Crippen molar-refractivity contribution in [1.29, 1.82) is 0 Å². The summed E-state index contributed by atoms with van der Waals surface area (Å²) in [5.74, 6) is 0. The lowest BCUT2D eigenvalue weighted by molar-refractivity contribution is 0.769. The molecule has 9 aromatic carbocycles. The topological polar surface area (TPSA) is 17.0 Å². The van der Waals surface area contributed by atoms with E-state index < -0.39 is 5.41 Å². The number of hydrogen-bond acceptors (Lipinski definition) is 2. The van der Waals surface area contributed by atoms with Crippen LogP contribution in [0.5, 0.6) is 0 Å². The maximum absolute atomic E-state index is 3.79. The zero-order chi connectivity index (χ0) is 38.2. The van der Waals surface area contributed by atoms with Crippen LogP contribution < -0.4 is 5.32 Å². The predicted octanol–water partition coefficient (Wildman–Crippen LogP) is 14.9. The third kappa shape index (κ3) is 4.78. The molecule has 0 bridgehead atoms. The number of nitrogens with zero attached hydrogens (tertiary/aromatic N) is 1. The minimum absolute atomic E-state index is 0.430. The number of rotatable bonds is 6. The van der Waals surface area contributed by atoms with Crippen molar-refractivity contribution < 1.29 is 0 Å². The number of aromatic nitrogens is 1. The first-order chi connectivity index (χ1) is 28.8. The third-order valence-electron chi connectivity index (χ3n) is 12.3. The van der Waals surface area contributed by atoms with Crippen LogP contribution in [0, 0.1) is 0 Å². The zero-order valence-electron chi connectivity index (χ0n) is 31.6. The van der Waals surface area contributed by atoms with Gasteiger partial charge in [0.2, 0.25) is 0 Å². The molecule has 0 radical (unpaired) electrons. The molecule has 2 aromatic heterocycles. The van der Waals surface area contributed by atoms with Crippen LogP contribution in [-0.2, 0) is 5.41 Å². The van der Waals surface area contributed by atoms with Crippen molar-refractivity contribution in [3.8, 4) is 27.9 Å². The van der Waals surface area contributed by atoms with E-state index in [1.54, 1.807) is 0 Å². The monoisotopic (exact) mass is 756 g/mol. The molecule has 12 rings (SSSR count). The Kier molecular flexibility index (Phi) is 7.35. The van der Waals surface area contributed by atoms with Gasteiger partial charge in [-0.3, -0.25) is 0 Å². The molecule has 1 aliphatic carbocycles. The second kappa shape index (κ2) is 12.9. The van der Waals surface area contributed by atoms with Gasteiger partial charge in [-0.05, 0) is 93.0 Å². The van der Waals surface area contributed by atoms with E-state index in [-0.39, 0.29) is 0 Å². The lowest BCUT2D eigenvalue weighted by atomic mass is 9.67. The Bertz CT molecular complexity index is 3300. The molecule has 2 nitrogen and oxygen atoms in total. The summed E-state index contributed by atoms with van der Waals surface area (Å²) in [6.45, 7) is 0. The van der Waals surface area contributed by atoms with Crippen molar-refractivity contribution >= 4 is 64.7 Å². The number of thiophene rings is 1. The van der Waals surface area contributed by atoms with Gasteiger partial charge in [-0.1, -0.05) is 164 Å². The van der Waals surface area contributed by atoms with Crippen molar-refractivity contribution in [3.05, 3.63) is 235 Å². The van der Waals surface area contributed by atoms with Gasteiger partial charge in [-0.15, -0.1) is 11.3 Å². The van der Waals surface area contributed by atoms with Crippen molar-refractivity contribution in [2.75, 3.05) is 5.32 Å². The number of fused-ring (bicyclic) bond motifs is 10. The van der Waals surface area contributed by atoms with E-state index in [0.29, 0.717) is 0 Å². The number of para-hydroxylation sites is 2. The van der Waals surface area contributed by atoms with Crippen LogP contribution in [0.1, 0.15) is 22.3 Å². The highest BCUT2D eigenvalue weighted by atomic mass is 32.1. The molecule has 11 aromatic rings. The van der Waals surface area contributed by atoms with Gasteiger partial charge in [0.25, 0.3) is 0 Å². The van der Waals surface area contributed by atoms with Crippen molar-refractivity contribution in [1.82, 2.24) is 4.57 Å². The Labute approximate surface area is 340 Å². The Morgan fingerprint density at radius 1 is 0.397 bits per heavy atom. The highest BCUT2D eigenvalue weighted by Crippen LogP contribution is 2.56. The minimum Gasteiger partial charge on any atom is -0.356 e. The van der Waals surface area contributed by atoms with Crippen LogP contribution in [0.3, 0.4) is 0 Å². The van der Waals surface area contributed by atoms with Crippen LogP contribution >= 0.6 is 11.3 Å². The first kappa shape index (κ1) is 33.0. The zero-order valence-corrected chi connectivity index (χ0v) is 32.4. The Balaban J connectivity index is 0.943. The predicted molar refractivity (Wildman–Crippen MR) is 246 cm³/mol. The summed E-state index contributed by atoms with van der Waals surface area (Å²) in [6.07, 6.45) is 0. The van der Waals surface area contributed by atoms with Crippen LogP contribution in [0.25, 0.3) is 69.9 Å². The molecule has 0 unspecified atom stereocenters. The maximum Gasteiger partial charge on any atom is 0.0714 e. The van der Waals surface area contributed by atoms with Gasteiger partial charge < -0.3 is 9.88 Å². The molecule has 1 aliphatic rings. The molecule has 58 heavy (non-hydrogen) atoms. The van der Waals surface area contributed by atoms with Crippen LogP contribution in [-0.4, -0.2) is 4.57 Å². The lowest BCUT2D eigenvalue weighted by Crippen LogP contribution is -2.28. The van der Waals surface area contributed by atoms with Gasteiger partial charge >= 0.3 is 0 Å². The molecule has 0 aliphatic heterocycles. The van der Waals surface area contributed by atoms with Crippen molar-refractivity contribution in [2.24, 2.45) is 0 Å². The highest BCUT2D eigenvalue weighted by molar-refractivity contribution is 7.27. The molecule has 0 atom stereocenters. The van der Waals surface area contributed by atoms with E-state index in [4.69, 9.17) is 0 Å². The Morgan fingerprint density at radius 3 is 1.78 bits per heavy atom. The summed E-state index contributed by atoms with van der Waals surface area (Å²) in [4.78, 5) is 0. The second-order valence-electron chi connectivity index (χ2n) is 15.3. The maximum atomic E-state index is 3.79. The summed E-state index contributed by atoms with van der Waals surface area (Å²) in [5.41, 5.74) is 15.6. The second-order valence-corrected chi connectivity index (χ2v) is 16.3. The van der Waals surface area contributed by atoms with E-state index in [0.717, 1.165) is 11.4 Å². The number of benzene rings is 9. The van der Waals surface area contributed by atoms with E-state index >= 15 is 0 Å². The fourth-order valence-corrected chi connectivity index (χ4v) is 11.2. The van der Waals surface area contributed by atoms with Gasteiger partial charge in [0.1, 0.15) is 0 Å². The summed E-state index contributed by atoms with van der Waals surface area (Å²) in [6, 6.07) is 77.7. The molecule has 0 spiro atoms. The first-order valence-electron chi connectivity index (χ1n) is 19.9. The Hall–Kier alpha value is -7.20. The van der Waals surface area contributed by atoms with Gasteiger partial charge in [-0.2, -0.15) is 0 Å². The SMILES string of the molecule is c1ccc(-n2c3ccccc3c3c4sc5c(-c6ccc(Nc7ccc8c(c7)C(c7ccccc7)(c7ccccc7)c7ccccc7-8)cc6)cccc5c4ccc32)cc1. The molecule has 272 valence electrons. The fraction of sp³-hybridized carbons (Fsp3) is 0.0182. The molecule has 2 heterocycles. The molecular weight excluding hydrogens is 721 g/mol. The van der Waals surface area contributed by atoms with Gasteiger partial charge in [0.15, 0.2) is 0 Å². The van der Waals surface area contributed by atoms with Crippen molar-refractivity contribution in [3.63, 3.8) is 0 Å². The molecule has 0 amide bonds. The first-order valence-corrected chi connectivity index (χ1v) is 20.7. The molecule has 0 fully saturated rings. The van der Waals surface area contributed by atoms with E-state index in [9.17, 15) is 0 Å². The summed E-state index contributed by atoms with van der Waals surface area (Å²) >= 11 is 1.92. The third-order valence-corrected chi connectivity index (χ3v) is 13.5. The fourth-order valence-electron chi connectivity index (χ4n) is 9.81. The van der Waals surface area contributed by atoms with E-state index in [2.05, 4.69) is 222 Å². The smallest absolute Gasteiger partial charge is 0.0714 e. The average Bonchev–Trinajstić information content (AvgIpc) is 3.94. The summed E-state index contributed by atoms with van der Waals surface area (Å²) < 4.78 is 5.06. The quantitative estimate of drug-likeness (QED) is 0.179. The lowest BCUT2D eigenvalue weighted by Gasteiger charge is -2.34. The Morgan fingerprint density at radius 2 is 1.00 bits per heavy atom. The van der Waals surface area contributed by atoms with Gasteiger partial charge in [0.05, 0.1) is 16.4 Å². The summed E-state index contributed by atoms with van der Waals surface area (Å²) in [7, 11) is 0. The molecule has 3 heteroatoms. The number of hydrogen-bond donors (Lipinski definition) is 1. The van der Waals surface area contributed by atoms with E-state index in [1.165, 1.54) is 92.2 Å². The van der Waals surface area contributed by atoms with Crippen LogP contribution in [0.4, 0.5) is 11.4 Å². The van der Waals surface area contributed by atoms with Gasteiger partial charge in [-0.25, -0.2) is 0 Å². The van der Waals surface area contributed by atoms with Crippen LogP contribution in [0.2, 0.25) is 0 Å². The van der Waals surface area contributed by atoms with Crippen LogP contribution in [0.15, 0.2) is 212 Å². The van der Waals surface area contributed by atoms with E-state index in [1.807, 2.05) is 11.3 Å². The standard InChI is InChI=1S/C55H36N2S/c1-4-15-37(16-5-1)55(38-17-6-2-7-18-38)48-25-12-10-21-43(48)44-32-31-40(35-49(44)55)56-39-29-27-36(28-30-39)42-23-14-24-45-46-33-34-51-52(54(46)58-53(42)45)47-22-11-13-26-50(47)57(51)41-19-8-3-9-20-41/h1-35,56H. The largest absolute Gasteiger partial charge is 0.356 e. The molecule has 0 saturated heterocycles.